The SMILES string of the molecule is C(=C1CC1)c1ccccc1N1CCc2cc3ccccc3nc21. The molecule has 1 aliphatic carbocycles. The molecule has 0 radical (unpaired) electrons. The fourth-order valence-electron chi connectivity index (χ4n) is 3.43. The topological polar surface area (TPSA) is 16.1 Å². The van der Waals surface area contributed by atoms with Crippen molar-refractivity contribution in [1.29, 1.82) is 0 Å². The van der Waals surface area contributed by atoms with Gasteiger partial charge in [-0.2, -0.15) is 0 Å². The van der Waals surface area contributed by atoms with Gasteiger partial charge >= 0.3 is 0 Å². The quantitative estimate of drug-likeness (QED) is 0.654. The van der Waals surface area contributed by atoms with E-state index in [1.165, 1.54) is 35.0 Å². The third-order valence-corrected chi connectivity index (χ3v) is 4.77. The van der Waals surface area contributed by atoms with Crippen molar-refractivity contribution in [1.82, 2.24) is 4.98 Å². The van der Waals surface area contributed by atoms with Crippen molar-refractivity contribution >= 4 is 28.5 Å². The number of nitrogens with zero attached hydrogens (tertiary/aromatic N) is 2. The van der Waals surface area contributed by atoms with Gasteiger partial charge in [-0.1, -0.05) is 48.0 Å². The summed E-state index contributed by atoms with van der Waals surface area (Å²) in [7, 11) is 0. The van der Waals surface area contributed by atoms with Crippen LogP contribution in [0.2, 0.25) is 0 Å². The molecule has 2 heteroatoms. The highest BCUT2D eigenvalue weighted by Crippen LogP contribution is 2.39. The molecule has 1 fully saturated rings. The zero-order valence-electron chi connectivity index (χ0n) is 13.0. The van der Waals surface area contributed by atoms with E-state index in [9.17, 15) is 0 Å². The van der Waals surface area contributed by atoms with Crippen LogP contribution in [0.15, 0.2) is 60.2 Å². The standard InChI is InChI=1S/C21H18N2/c1-3-7-19-16(5-1)14-18-11-12-23(21(18)22-19)20-8-4-2-6-17(20)13-15-9-10-15/h1-8,13-14H,9-12H2. The average Bonchev–Trinajstić information content (AvgIpc) is 3.31. The first-order chi connectivity index (χ1) is 11.4. The van der Waals surface area contributed by atoms with Crippen molar-refractivity contribution in [2.75, 3.05) is 11.4 Å². The Kier molecular flexibility index (Phi) is 2.77. The lowest BCUT2D eigenvalue weighted by atomic mass is 10.1. The van der Waals surface area contributed by atoms with Crippen LogP contribution < -0.4 is 4.90 Å². The number of anilines is 2. The van der Waals surface area contributed by atoms with E-state index in [-0.39, 0.29) is 0 Å². The number of hydrogen-bond donors (Lipinski definition) is 0. The average molecular weight is 298 g/mol. The Balaban J connectivity index is 1.65. The van der Waals surface area contributed by atoms with Gasteiger partial charge in [0.25, 0.3) is 0 Å². The number of para-hydroxylation sites is 2. The highest BCUT2D eigenvalue weighted by molar-refractivity contribution is 5.85. The van der Waals surface area contributed by atoms with Gasteiger partial charge in [0.15, 0.2) is 0 Å². The van der Waals surface area contributed by atoms with Crippen molar-refractivity contribution < 1.29 is 0 Å². The largest absolute Gasteiger partial charge is 0.325 e. The monoisotopic (exact) mass is 298 g/mol. The molecule has 0 amide bonds. The minimum atomic E-state index is 1.01. The Labute approximate surface area is 136 Å². The van der Waals surface area contributed by atoms with Gasteiger partial charge in [-0.25, -0.2) is 4.98 Å². The van der Waals surface area contributed by atoms with Crippen molar-refractivity contribution in [3.05, 3.63) is 71.3 Å². The summed E-state index contributed by atoms with van der Waals surface area (Å²) >= 11 is 0. The minimum Gasteiger partial charge on any atom is -0.325 e. The Bertz CT molecular complexity index is 933. The molecule has 1 saturated carbocycles. The zero-order chi connectivity index (χ0) is 15.2. The molecule has 2 aliphatic rings. The molecule has 0 spiro atoms. The molecule has 0 unspecified atom stereocenters. The van der Waals surface area contributed by atoms with Crippen LogP contribution in [-0.4, -0.2) is 11.5 Å². The van der Waals surface area contributed by atoms with Gasteiger partial charge in [-0.3, -0.25) is 0 Å². The Morgan fingerprint density at radius 2 is 1.74 bits per heavy atom. The van der Waals surface area contributed by atoms with Crippen LogP contribution in [0.3, 0.4) is 0 Å². The fourth-order valence-corrected chi connectivity index (χ4v) is 3.43. The predicted molar refractivity (Wildman–Crippen MR) is 96.1 cm³/mol. The molecule has 0 saturated heterocycles. The maximum Gasteiger partial charge on any atom is 0.137 e. The van der Waals surface area contributed by atoms with E-state index in [0.29, 0.717) is 0 Å². The maximum absolute atomic E-state index is 4.95. The van der Waals surface area contributed by atoms with Crippen LogP contribution in [0.25, 0.3) is 17.0 Å². The molecule has 2 nitrogen and oxygen atoms in total. The molecule has 5 rings (SSSR count). The fraction of sp³-hybridized carbons (Fsp3) is 0.190. The Morgan fingerprint density at radius 1 is 0.913 bits per heavy atom. The molecule has 112 valence electrons. The summed E-state index contributed by atoms with van der Waals surface area (Å²) in [5.74, 6) is 1.13. The summed E-state index contributed by atoms with van der Waals surface area (Å²) in [6, 6.07) is 19.4. The van der Waals surface area contributed by atoms with E-state index >= 15 is 0 Å². The molecule has 23 heavy (non-hydrogen) atoms. The van der Waals surface area contributed by atoms with Crippen LogP contribution in [0, 0.1) is 0 Å². The zero-order valence-corrected chi connectivity index (χ0v) is 13.0. The summed E-state index contributed by atoms with van der Waals surface area (Å²) in [5.41, 5.74) is 6.60. The van der Waals surface area contributed by atoms with Gasteiger partial charge in [0.2, 0.25) is 0 Å². The number of allylic oxidation sites excluding steroid dienone is 1. The predicted octanol–water partition coefficient (Wildman–Crippen LogP) is 5.11. The van der Waals surface area contributed by atoms with E-state index in [1.807, 2.05) is 0 Å². The number of fused-ring (bicyclic) bond motifs is 2. The highest BCUT2D eigenvalue weighted by atomic mass is 15.2. The van der Waals surface area contributed by atoms with Crippen molar-refractivity contribution in [2.45, 2.75) is 19.3 Å². The van der Waals surface area contributed by atoms with Crippen LogP contribution in [0.5, 0.6) is 0 Å². The number of benzene rings is 2. The van der Waals surface area contributed by atoms with E-state index in [1.54, 1.807) is 5.57 Å². The molecular weight excluding hydrogens is 280 g/mol. The lowest BCUT2D eigenvalue weighted by molar-refractivity contribution is 0.990. The first-order valence-corrected chi connectivity index (χ1v) is 8.33. The minimum absolute atomic E-state index is 1.01. The highest BCUT2D eigenvalue weighted by Gasteiger charge is 2.24. The van der Waals surface area contributed by atoms with E-state index in [2.05, 4.69) is 65.6 Å². The lowest BCUT2D eigenvalue weighted by Crippen LogP contribution is -2.15. The Morgan fingerprint density at radius 3 is 2.65 bits per heavy atom. The number of aromatic nitrogens is 1. The third-order valence-electron chi connectivity index (χ3n) is 4.77. The number of hydrogen-bond acceptors (Lipinski definition) is 2. The molecule has 2 aromatic carbocycles. The molecule has 3 aromatic rings. The smallest absolute Gasteiger partial charge is 0.137 e. The molecule has 1 aromatic heterocycles. The van der Waals surface area contributed by atoms with Gasteiger partial charge in [-0.15, -0.1) is 0 Å². The second kappa shape index (κ2) is 4.95. The number of rotatable bonds is 2. The summed E-state index contributed by atoms with van der Waals surface area (Å²) in [4.78, 5) is 7.34. The molecule has 0 N–H and O–H groups in total. The van der Waals surface area contributed by atoms with Gasteiger partial charge < -0.3 is 4.90 Å². The summed E-state index contributed by atoms with van der Waals surface area (Å²) in [5, 5.41) is 1.24. The van der Waals surface area contributed by atoms with Crippen LogP contribution in [0.1, 0.15) is 24.0 Å². The first kappa shape index (κ1) is 12.9. The summed E-state index contributed by atoms with van der Waals surface area (Å²) in [6.07, 6.45) is 5.94. The van der Waals surface area contributed by atoms with Gasteiger partial charge in [0, 0.05) is 17.6 Å². The van der Waals surface area contributed by atoms with Gasteiger partial charge in [-0.05, 0) is 48.6 Å². The summed E-state index contributed by atoms with van der Waals surface area (Å²) < 4.78 is 0. The van der Waals surface area contributed by atoms with Crippen LogP contribution in [0.4, 0.5) is 11.5 Å². The normalized spacial score (nSPS) is 15.8. The molecule has 1 aliphatic heterocycles. The van der Waals surface area contributed by atoms with Crippen molar-refractivity contribution in [3.8, 4) is 0 Å². The van der Waals surface area contributed by atoms with Gasteiger partial charge in [0.05, 0.1) is 5.52 Å². The lowest BCUT2D eigenvalue weighted by Gasteiger charge is -2.21. The van der Waals surface area contributed by atoms with E-state index in [4.69, 9.17) is 4.98 Å². The van der Waals surface area contributed by atoms with Gasteiger partial charge in [0.1, 0.15) is 5.82 Å². The molecule has 0 atom stereocenters. The number of pyridine rings is 1. The second-order valence-electron chi connectivity index (χ2n) is 6.43. The molecule has 2 heterocycles. The van der Waals surface area contributed by atoms with E-state index in [0.717, 1.165) is 24.3 Å². The molecule has 0 bridgehead atoms. The van der Waals surface area contributed by atoms with Crippen LogP contribution in [-0.2, 0) is 6.42 Å². The third kappa shape index (κ3) is 2.22. The van der Waals surface area contributed by atoms with Crippen molar-refractivity contribution in [3.63, 3.8) is 0 Å². The first-order valence-electron chi connectivity index (χ1n) is 8.33. The Hall–Kier alpha value is -2.61. The van der Waals surface area contributed by atoms with Crippen molar-refractivity contribution in [2.24, 2.45) is 0 Å². The van der Waals surface area contributed by atoms with Crippen LogP contribution >= 0.6 is 0 Å². The summed E-state index contributed by atoms with van der Waals surface area (Å²) in [6.45, 7) is 1.01. The molecular formula is C21H18N2. The van der Waals surface area contributed by atoms with E-state index < -0.39 is 0 Å². The maximum atomic E-state index is 4.95. The second-order valence-corrected chi connectivity index (χ2v) is 6.43.